The van der Waals surface area contributed by atoms with Crippen LogP contribution in [0.4, 0.5) is 14.5 Å². The minimum atomic E-state index is -1.32. The predicted octanol–water partition coefficient (Wildman–Crippen LogP) is 4.97. The number of methoxy groups -OCH3 is 2. The number of ketones is 1. The van der Waals surface area contributed by atoms with Crippen molar-refractivity contribution in [1.82, 2.24) is 0 Å². The molecule has 10 heteroatoms. The second kappa shape index (κ2) is 9.27. The first-order valence-electron chi connectivity index (χ1n) is 10.1. The van der Waals surface area contributed by atoms with Crippen LogP contribution in [0, 0.1) is 11.6 Å². The Morgan fingerprint density at radius 3 is 2.34 bits per heavy atom. The molecule has 1 aliphatic rings. The Morgan fingerprint density at radius 1 is 0.971 bits per heavy atom. The lowest BCUT2D eigenvalue weighted by Crippen LogP contribution is -2.29. The van der Waals surface area contributed by atoms with Crippen molar-refractivity contribution >= 4 is 34.7 Å². The Bertz CT molecular complexity index is 1390. The van der Waals surface area contributed by atoms with Crippen molar-refractivity contribution in [1.29, 1.82) is 0 Å². The molecule has 0 bridgehead atoms. The topological polar surface area (TPSA) is 96.3 Å². The van der Waals surface area contributed by atoms with Gasteiger partial charge in [0.05, 0.1) is 30.9 Å². The monoisotopic (exact) mass is 501 g/mol. The molecule has 4 rings (SSSR count). The molecule has 7 nitrogen and oxygen atoms in total. The fourth-order valence-corrected chi connectivity index (χ4v) is 4.09. The number of phenolic OH excluding ortho intramolecular Hbond substituents is 1. The molecule has 1 fully saturated rings. The van der Waals surface area contributed by atoms with Gasteiger partial charge in [0.1, 0.15) is 11.5 Å². The normalized spacial score (nSPS) is 17.1. The number of Topliss-reactive ketones (excluding diaryl/α,β-unsaturated/α-hetero) is 1. The van der Waals surface area contributed by atoms with Crippen molar-refractivity contribution in [2.24, 2.45) is 0 Å². The first kappa shape index (κ1) is 24.0. The van der Waals surface area contributed by atoms with Gasteiger partial charge >= 0.3 is 0 Å². The smallest absolute Gasteiger partial charge is 0.300 e. The summed E-state index contributed by atoms with van der Waals surface area (Å²) in [5.74, 6) is -5.05. The molecule has 1 saturated heterocycles. The molecule has 0 spiro atoms. The molecule has 0 aromatic heterocycles. The van der Waals surface area contributed by atoms with E-state index in [0.29, 0.717) is 5.75 Å². The molecule has 1 aliphatic heterocycles. The van der Waals surface area contributed by atoms with Crippen LogP contribution >= 0.6 is 11.6 Å². The number of nitrogens with zero attached hydrogens (tertiary/aromatic N) is 1. The first-order valence-corrected chi connectivity index (χ1v) is 10.5. The summed E-state index contributed by atoms with van der Waals surface area (Å²) in [7, 11) is 2.74. The van der Waals surface area contributed by atoms with Crippen molar-refractivity contribution in [2.75, 3.05) is 19.1 Å². The van der Waals surface area contributed by atoms with Crippen LogP contribution in [-0.4, -0.2) is 36.1 Å². The summed E-state index contributed by atoms with van der Waals surface area (Å²) in [5.41, 5.74) is -0.314. The highest BCUT2D eigenvalue weighted by atomic mass is 35.5. The van der Waals surface area contributed by atoms with Gasteiger partial charge in [-0.2, -0.15) is 0 Å². The first-order chi connectivity index (χ1) is 16.7. The van der Waals surface area contributed by atoms with Crippen molar-refractivity contribution in [3.8, 4) is 17.2 Å². The van der Waals surface area contributed by atoms with Crippen LogP contribution < -0.4 is 14.4 Å². The number of hydrogen-bond donors (Lipinski definition) is 2. The van der Waals surface area contributed by atoms with E-state index in [4.69, 9.17) is 21.1 Å². The van der Waals surface area contributed by atoms with Gasteiger partial charge in [-0.1, -0.05) is 17.7 Å². The standard InChI is InChI=1S/C25H18ClF2NO6/c1-34-14-5-6-16(26)15(11-14)23(31)21-22(12-3-8-20(35-2)19(30)9-12)29(25(33)24(21)32)13-4-7-17(27)18(28)10-13/h3-11,22,30-31H,1-2H3/b23-21+. The molecule has 1 unspecified atom stereocenters. The van der Waals surface area contributed by atoms with E-state index < -0.39 is 35.1 Å². The minimum Gasteiger partial charge on any atom is -0.507 e. The number of carbonyl (C=O) groups excluding carboxylic acids is 2. The van der Waals surface area contributed by atoms with E-state index in [1.165, 1.54) is 50.6 Å². The zero-order valence-corrected chi connectivity index (χ0v) is 19.1. The average molecular weight is 502 g/mol. The number of phenols is 1. The highest BCUT2D eigenvalue weighted by Crippen LogP contribution is 2.45. The number of aliphatic hydroxyl groups is 1. The summed E-state index contributed by atoms with van der Waals surface area (Å²) in [6.07, 6.45) is 0. The Morgan fingerprint density at radius 2 is 1.71 bits per heavy atom. The zero-order valence-electron chi connectivity index (χ0n) is 18.4. The number of amides is 1. The summed E-state index contributed by atoms with van der Waals surface area (Å²) >= 11 is 6.25. The van der Waals surface area contributed by atoms with Crippen LogP contribution in [0.2, 0.25) is 5.02 Å². The SMILES string of the molecule is COc1ccc(Cl)c(/C(O)=C2\C(=O)C(=O)N(c3ccc(F)c(F)c3)C2c2ccc(OC)c(O)c2)c1. The van der Waals surface area contributed by atoms with Gasteiger partial charge in [-0.25, -0.2) is 8.78 Å². The van der Waals surface area contributed by atoms with Crippen molar-refractivity contribution < 1.29 is 38.1 Å². The second-order valence-electron chi connectivity index (χ2n) is 7.54. The van der Waals surface area contributed by atoms with Crippen LogP contribution in [-0.2, 0) is 9.59 Å². The number of aliphatic hydroxyl groups excluding tert-OH is 1. The Balaban J connectivity index is 2.00. The van der Waals surface area contributed by atoms with Crippen LogP contribution in [0.5, 0.6) is 17.2 Å². The molecule has 0 radical (unpaired) electrons. The second-order valence-corrected chi connectivity index (χ2v) is 7.95. The maximum absolute atomic E-state index is 14.1. The van der Waals surface area contributed by atoms with Crippen molar-refractivity contribution in [3.05, 3.63) is 88.0 Å². The number of carbonyl (C=O) groups is 2. The fourth-order valence-electron chi connectivity index (χ4n) is 3.88. The summed E-state index contributed by atoms with van der Waals surface area (Å²) in [6.45, 7) is 0. The van der Waals surface area contributed by atoms with Crippen LogP contribution in [0.15, 0.2) is 60.2 Å². The Labute approximate surface area is 203 Å². The number of hydrogen-bond acceptors (Lipinski definition) is 6. The Kier molecular flexibility index (Phi) is 6.36. The number of anilines is 1. The maximum Gasteiger partial charge on any atom is 0.300 e. The molecule has 1 atom stereocenters. The lowest BCUT2D eigenvalue weighted by atomic mass is 9.94. The number of halogens is 3. The third kappa shape index (κ3) is 4.15. The number of ether oxygens (including phenoxy) is 2. The van der Waals surface area contributed by atoms with Gasteiger partial charge in [0.2, 0.25) is 0 Å². The van der Waals surface area contributed by atoms with Gasteiger partial charge in [0, 0.05) is 17.3 Å². The number of aromatic hydroxyl groups is 1. The third-order valence-electron chi connectivity index (χ3n) is 5.57. The number of rotatable bonds is 5. The van der Waals surface area contributed by atoms with E-state index in [0.717, 1.165) is 23.1 Å². The van der Waals surface area contributed by atoms with E-state index in [9.17, 15) is 28.6 Å². The summed E-state index contributed by atoms with van der Waals surface area (Å²) in [6, 6.07) is 9.83. The molecule has 180 valence electrons. The highest BCUT2D eigenvalue weighted by Gasteiger charge is 2.47. The number of benzene rings is 3. The molecule has 0 aliphatic carbocycles. The highest BCUT2D eigenvalue weighted by molar-refractivity contribution is 6.52. The van der Waals surface area contributed by atoms with E-state index in [1.54, 1.807) is 0 Å². The van der Waals surface area contributed by atoms with Gasteiger partial charge in [0.15, 0.2) is 23.1 Å². The third-order valence-corrected chi connectivity index (χ3v) is 5.90. The van der Waals surface area contributed by atoms with Crippen LogP contribution in [0.25, 0.3) is 5.76 Å². The molecular weight excluding hydrogens is 484 g/mol. The lowest BCUT2D eigenvalue weighted by molar-refractivity contribution is -0.132. The molecule has 0 saturated carbocycles. The molecule has 2 N–H and O–H groups in total. The summed E-state index contributed by atoms with van der Waals surface area (Å²) < 4.78 is 37.9. The van der Waals surface area contributed by atoms with Crippen molar-refractivity contribution in [3.63, 3.8) is 0 Å². The summed E-state index contributed by atoms with van der Waals surface area (Å²) in [4.78, 5) is 27.2. The predicted molar refractivity (Wildman–Crippen MR) is 124 cm³/mol. The molecule has 1 amide bonds. The quantitative estimate of drug-likeness (QED) is 0.291. The molecule has 1 heterocycles. The van der Waals surface area contributed by atoms with E-state index in [-0.39, 0.29) is 38.9 Å². The minimum absolute atomic E-state index is 0.0111. The molecule has 3 aromatic rings. The largest absolute Gasteiger partial charge is 0.507 e. The molecule has 3 aromatic carbocycles. The van der Waals surface area contributed by atoms with Gasteiger partial charge in [-0.3, -0.25) is 14.5 Å². The van der Waals surface area contributed by atoms with Crippen LogP contribution in [0.1, 0.15) is 17.2 Å². The Hall–Kier alpha value is -4.11. The van der Waals surface area contributed by atoms with Gasteiger partial charge in [-0.05, 0) is 48.0 Å². The van der Waals surface area contributed by atoms with Crippen LogP contribution in [0.3, 0.4) is 0 Å². The summed E-state index contributed by atoms with van der Waals surface area (Å²) in [5, 5.41) is 21.6. The van der Waals surface area contributed by atoms with E-state index >= 15 is 0 Å². The van der Waals surface area contributed by atoms with Gasteiger partial charge < -0.3 is 19.7 Å². The van der Waals surface area contributed by atoms with Gasteiger partial charge in [0.25, 0.3) is 11.7 Å². The van der Waals surface area contributed by atoms with E-state index in [2.05, 4.69) is 0 Å². The molecular formula is C25H18ClF2NO6. The van der Waals surface area contributed by atoms with Crippen molar-refractivity contribution in [2.45, 2.75) is 6.04 Å². The fraction of sp³-hybridized carbons (Fsp3) is 0.120. The molecule has 35 heavy (non-hydrogen) atoms. The maximum atomic E-state index is 14.1. The van der Waals surface area contributed by atoms with Gasteiger partial charge in [-0.15, -0.1) is 0 Å². The zero-order chi connectivity index (χ0) is 25.4. The average Bonchev–Trinajstić information content (AvgIpc) is 3.11. The lowest BCUT2D eigenvalue weighted by Gasteiger charge is -2.26. The van der Waals surface area contributed by atoms with E-state index in [1.807, 2.05) is 0 Å².